The van der Waals surface area contributed by atoms with Crippen molar-refractivity contribution in [1.82, 2.24) is 10.2 Å². The van der Waals surface area contributed by atoms with Crippen LogP contribution in [0.15, 0.2) is 42.6 Å². The molecule has 0 aliphatic carbocycles. The van der Waals surface area contributed by atoms with E-state index in [1.807, 2.05) is 0 Å². The van der Waals surface area contributed by atoms with Gasteiger partial charge in [-0.15, -0.1) is 14.7 Å². The summed E-state index contributed by atoms with van der Waals surface area (Å²) in [5.41, 5.74) is 6.21. The van der Waals surface area contributed by atoms with Crippen molar-refractivity contribution in [3.63, 3.8) is 0 Å². The Morgan fingerprint density at radius 2 is 2.03 bits per heavy atom. The van der Waals surface area contributed by atoms with E-state index >= 15 is 0 Å². The van der Waals surface area contributed by atoms with Crippen LogP contribution in [0.25, 0.3) is 0 Å². The molecule has 3 amide bonds. The summed E-state index contributed by atoms with van der Waals surface area (Å²) in [6, 6.07) is 3.30. The zero-order valence-corrected chi connectivity index (χ0v) is 19.1. The number of ether oxygens (including phenoxy) is 2. The molecule has 1 aliphatic rings. The third-order valence-electron chi connectivity index (χ3n) is 4.86. The minimum absolute atomic E-state index is 0.0235. The van der Waals surface area contributed by atoms with E-state index in [1.54, 1.807) is 12.2 Å². The number of nitrogen functional groups attached to an aromatic ring is 1. The lowest BCUT2D eigenvalue weighted by atomic mass is 10.1. The van der Waals surface area contributed by atoms with Crippen LogP contribution in [0, 0.1) is 5.82 Å². The molecule has 9 nitrogen and oxygen atoms in total. The van der Waals surface area contributed by atoms with Crippen LogP contribution in [0.2, 0.25) is 10.0 Å². The van der Waals surface area contributed by atoms with Gasteiger partial charge >= 0.3 is 11.9 Å². The summed E-state index contributed by atoms with van der Waals surface area (Å²) in [7, 11) is 1.47. The highest BCUT2D eigenvalue weighted by molar-refractivity contribution is 6.36. The Bertz CT molecular complexity index is 1130. The maximum atomic E-state index is 13.7. The van der Waals surface area contributed by atoms with Gasteiger partial charge in [-0.2, -0.15) is 0 Å². The summed E-state index contributed by atoms with van der Waals surface area (Å²) in [4.78, 5) is 25.5. The van der Waals surface area contributed by atoms with Crippen molar-refractivity contribution in [3.05, 3.63) is 64.1 Å². The molecular weight excluding hydrogens is 476 g/mol. The van der Waals surface area contributed by atoms with Crippen molar-refractivity contribution < 1.29 is 27.9 Å². The largest absolute Gasteiger partial charge is 0.489 e. The van der Waals surface area contributed by atoms with Gasteiger partial charge in [-0.25, -0.2) is 14.0 Å². The van der Waals surface area contributed by atoms with Crippen LogP contribution >= 0.6 is 23.2 Å². The number of halogens is 3. The lowest BCUT2D eigenvalue weighted by Gasteiger charge is -2.28. The van der Waals surface area contributed by atoms with Crippen molar-refractivity contribution in [2.45, 2.75) is 6.42 Å². The van der Waals surface area contributed by atoms with Gasteiger partial charge in [0.15, 0.2) is 17.4 Å². The topological polar surface area (TPSA) is 116 Å². The summed E-state index contributed by atoms with van der Waals surface area (Å²) in [6.45, 7) is 0.305. The van der Waals surface area contributed by atoms with Gasteiger partial charge in [0.2, 0.25) is 0 Å². The molecule has 0 spiro atoms. The van der Waals surface area contributed by atoms with Crippen LogP contribution in [-0.4, -0.2) is 53.5 Å². The number of imide groups is 1. The molecule has 33 heavy (non-hydrogen) atoms. The van der Waals surface area contributed by atoms with Crippen LogP contribution < -0.4 is 15.8 Å². The Labute approximate surface area is 199 Å². The third kappa shape index (κ3) is 5.48. The number of nitrogens with two attached hydrogens (primary N) is 1. The van der Waals surface area contributed by atoms with Crippen LogP contribution in [0.4, 0.5) is 20.8 Å². The van der Waals surface area contributed by atoms with Gasteiger partial charge in [0.1, 0.15) is 18.6 Å². The number of urea groups is 1. The standard InChI is InChI=1S/C21H20Cl2FN5O4/c1-32-11-9-29(8-3-2-4-18(29)30)21(31)26-17-12-16(20(25)28-27-17)33-10-7-13-14(22)5-6-15(24)19(13)23/h2-6,8,12H,7,9-11H2,1H3,(H2-,25,26,27,28,31)/p+1. The second-order valence-electron chi connectivity index (χ2n) is 6.95. The summed E-state index contributed by atoms with van der Waals surface area (Å²) in [5, 5.41) is 10.4. The fourth-order valence-electron chi connectivity index (χ4n) is 3.06. The molecule has 1 aliphatic heterocycles. The molecule has 1 unspecified atom stereocenters. The number of carbonyl (C=O) groups excluding carboxylic acids is 2. The molecule has 2 heterocycles. The highest BCUT2D eigenvalue weighted by Gasteiger charge is 2.43. The molecule has 3 N–H and O–H groups in total. The van der Waals surface area contributed by atoms with Gasteiger partial charge in [0.05, 0.1) is 18.2 Å². The number of amides is 3. The SMILES string of the molecule is COCC[N+]1(C(=O)Nc2cc(OCCc3c(Cl)ccc(F)c3Cl)c(N)nn2)C=CC=CC1=O. The molecule has 3 rings (SSSR count). The molecule has 1 aromatic heterocycles. The quantitative estimate of drug-likeness (QED) is 0.422. The highest BCUT2D eigenvalue weighted by Crippen LogP contribution is 2.29. The van der Waals surface area contributed by atoms with Crippen LogP contribution in [0.3, 0.4) is 0 Å². The minimum atomic E-state index is -0.652. The first kappa shape index (κ1) is 24.6. The van der Waals surface area contributed by atoms with Gasteiger partial charge in [-0.1, -0.05) is 23.2 Å². The molecule has 12 heteroatoms. The number of methoxy groups -OCH3 is 1. The Morgan fingerprint density at radius 1 is 1.24 bits per heavy atom. The Kier molecular flexibility index (Phi) is 7.98. The van der Waals surface area contributed by atoms with Crippen molar-refractivity contribution in [3.8, 4) is 5.75 Å². The van der Waals surface area contributed by atoms with Crippen LogP contribution in [0.1, 0.15) is 5.56 Å². The van der Waals surface area contributed by atoms with Gasteiger partial charge < -0.3 is 15.2 Å². The molecule has 1 aromatic carbocycles. The molecule has 0 saturated heterocycles. The minimum Gasteiger partial charge on any atom is -0.489 e. The lowest BCUT2D eigenvalue weighted by Crippen LogP contribution is -2.56. The number of rotatable bonds is 8. The fraction of sp³-hybridized carbons (Fsp3) is 0.238. The number of aromatic nitrogens is 2. The zero-order chi connectivity index (χ0) is 24.0. The van der Waals surface area contributed by atoms with E-state index < -0.39 is 22.2 Å². The molecule has 0 bridgehead atoms. The molecule has 1 atom stereocenters. The summed E-state index contributed by atoms with van der Waals surface area (Å²) in [6.07, 6.45) is 6.11. The van der Waals surface area contributed by atoms with Crippen molar-refractivity contribution in [1.29, 1.82) is 0 Å². The van der Waals surface area contributed by atoms with E-state index in [-0.39, 0.29) is 48.6 Å². The van der Waals surface area contributed by atoms with E-state index in [4.69, 9.17) is 38.4 Å². The van der Waals surface area contributed by atoms with E-state index in [1.165, 1.54) is 37.6 Å². The van der Waals surface area contributed by atoms with Crippen molar-refractivity contribution in [2.24, 2.45) is 0 Å². The predicted molar refractivity (Wildman–Crippen MR) is 121 cm³/mol. The number of nitrogens with zero attached hydrogens (tertiary/aromatic N) is 3. The normalized spacial score (nSPS) is 17.3. The van der Waals surface area contributed by atoms with Gasteiger partial charge in [-0.05, 0) is 29.8 Å². The third-order valence-corrected chi connectivity index (χ3v) is 5.63. The monoisotopic (exact) mass is 496 g/mol. The first-order chi connectivity index (χ1) is 15.8. The van der Waals surface area contributed by atoms with Crippen LogP contribution in [-0.2, 0) is 16.0 Å². The number of carbonyl (C=O) groups is 2. The molecular formula is C21H21Cl2FN5O4+. The fourth-order valence-corrected chi connectivity index (χ4v) is 3.62. The number of anilines is 2. The first-order valence-corrected chi connectivity index (χ1v) is 10.5. The first-order valence-electron chi connectivity index (χ1n) is 9.75. The average Bonchev–Trinajstić information content (AvgIpc) is 2.80. The Hall–Kier alpha value is -3.05. The number of hydrogen-bond donors (Lipinski definition) is 2. The number of benzene rings is 1. The maximum absolute atomic E-state index is 13.7. The summed E-state index contributed by atoms with van der Waals surface area (Å²) < 4.78 is 23.7. The average molecular weight is 497 g/mol. The predicted octanol–water partition coefficient (Wildman–Crippen LogP) is 3.73. The molecule has 2 aromatic rings. The van der Waals surface area contributed by atoms with E-state index in [0.29, 0.717) is 10.6 Å². The molecule has 174 valence electrons. The van der Waals surface area contributed by atoms with E-state index in [9.17, 15) is 14.0 Å². The zero-order valence-electron chi connectivity index (χ0n) is 17.6. The van der Waals surface area contributed by atoms with Crippen molar-refractivity contribution >= 4 is 46.8 Å². The lowest BCUT2D eigenvalue weighted by molar-refractivity contribution is -0.714. The maximum Gasteiger partial charge on any atom is 0.434 e. The van der Waals surface area contributed by atoms with Crippen LogP contribution in [0.5, 0.6) is 5.75 Å². The number of nitrogens with one attached hydrogen (secondary N) is 1. The molecule has 0 radical (unpaired) electrons. The van der Waals surface area contributed by atoms with Gasteiger partial charge in [-0.3, -0.25) is 5.32 Å². The second-order valence-corrected chi connectivity index (χ2v) is 7.74. The second kappa shape index (κ2) is 10.7. The number of allylic oxidation sites excluding steroid dienone is 2. The van der Waals surface area contributed by atoms with E-state index in [2.05, 4.69) is 15.5 Å². The number of quaternary nitrogens is 1. The van der Waals surface area contributed by atoms with E-state index in [0.717, 1.165) is 0 Å². The smallest absolute Gasteiger partial charge is 0.434 e. The summed E-state index contributed by atoms with van der Waals surface area (Å²) in [5.74, 6) is -0.891. The van der Waals surface area contributed by atoms with Gasteiger partial charge in [0.25, 0.3) is 0 Å². The Morgan fingerprint density at radius 3 is 2.76 bits per heavy atom. The molecule has 0 saturated carbocycles. The Balaban J connectivity index is 1.73. The number of hydrogen-bond acceptors (Lipinski definition) is 7. The molecule has 0 fully saturated rings. The highest BCUT2D eigenvalue weighted by atomic mass is 35.5. The van der Waals surface area contributed by atoms with Crippen molar-refractivity contribution in [2.75, 3.05) is 37.9 Å². The summed E-state index contributed by atoms with van der Waals surface area (Å²) >= 11 is 12.1. The van der Waals surface area contributed by atoms with Gasteiger partial charge in [0, 0.05) is 30.7 Å².